The van der Waals surface area contributed by atoms with Gasteiger partial charge in [0.1, 0.15) is 5.75 Å². The predicted molar refractivity (Wildman–Crippen MR) is 88.8 cm³/mol. The fourth-order valence-corrected chi connectivity index (χ4v) is 3.66. The summed E-state index contributed by atoms with van der Waals surface area (Å²) in [6.07, 6.45) is 6.42. The van der Waals surface area contributed by atoms with E-state index in [0.29, 0.717) is 5.56 Å². The Kier molecular flexibility index (Phi) is 6.09. The molecular weight excluding hydrogens is 330 g/mol. The van der Waals surface area contributed by atoms with Crippen LogP contribution in [-0.4, -0.2) is 19.6 Å². The topological polar surface area (TPSA) is 38.3 Å². The molecule has 0 bridgehead atoms. The van der Waals surface area contributed by atoms with E-state index in [1.807, 2.05) is 6.07 Å². The van der Waals surface area contributed by atoms with Gasteiger partial charge < -0.3 is 10.1 Å². The normalized spacial score (nSPS) is 21.9. The van der Waals surface area contributed by atoms with Crippen LogP contribution in [-0.2, 0) is 0 Å². The van der Waals surface area contributed by atoms with E-state index in [9.17, 15) is 4.79 Å². The lowest BCUT2D eigenvalue weighted by molar-refractivity contribution is 0.0949. The summed E-state index contributed by atoms with van der Waals surface area (Å²) < 4.78 is 5.98. The van der Waals surface area contributed by atoms with Crippen molar-refractivity contribution in [2.24, 2.45) is 11.8 Å². The van der Waals surface area contributed by atoms with Crippen molar-refractivity contribution in [3.05, 3.63) is 28.2 Å². The standard InChI is InChI=1S/C17H24BrNO2/c1-12-4-3-5-13(10-12)8-9-19-17(20)14-6-7-16(21-2)15(18)11-14/h6-7,11-13H,3-5,8-10H2,1-2H3,(H,19,20). The molecule has 1 fully saturated rings. The number of amides is 1. The molecule has 1 aliphatic carbocycles. The molecule has 3 nitrogen and oxygen atoms in total. The van der Waals surface area contributed by atoms with Gasteiger partial charge in [-0.1, -0.05) is 26.2 Å². The zero-order valence-corrected chi connectivity index (χ0v) is 14.4. The maximum Gasteiger partial charge on any atom is 0.251 e. The number of methoxy groups -OCH3 is 1. The zero-order chi connectivity index (χ0) is 15.2. The van der Waals surface area contributed by atoms with Gasteiger partial charge in [-0.15, -0.1) is 0 Å². The minimum atomic E-state index is -0.0118. The fraction of sp³-hybridized carbons (Fsp3) is 0.588. The number of ether oxygens (including phenoxy) is 1. The highest BCUT2D eigenvalue weighted by Crippen LogP contribution is 2.30. The molecule has 1 saturated carbocycles. The largest absolute Gasteiger partial charge is 0.496 e. The third-order valence-corrected chi connectivity index (χ3v) is 4.92. The molecule has 0 spiro atoms. The first kappa shape index (κ1) is 16.3. The SMILES string of the molecule is COc1ccc(C(=O)NCCC2CCCC(C)C2)cc1Br. The van der Waals surface area contributed by atoms with Crippen molar-refractivity contribution in [3.63, 3.8) is 0 Å². The number of carbonyl (C=O) groups is 1. The predicted octanol–water partition coefficient (Wildman–Crippen LogP) is 4.40. The van der Waals surface area contributed by atoms with Gasteiger partial charge in [0.05, 0.1) is 11.6 Å². The summed E-state index contributed by atoms with van der Waals surface area (Å²) >= 11 is 3.41. The Morgan fingerprint density at radius 1 is 1.43 bits per heavy atom. The van der Waals surface area contributed by atoms with Crippen LogP contribution in [0.15, 0.2) is 22.7 Å². The molecule has 116 valence electrons. The first-order chi connectivity index (χ1) is 10.1. The Hall–Kier alpha value is -1.03. The van der Waals surface area contributed by atoms with Gasteiger partial charge >= 0.3 is 0 Å². The molecule has 1 amide bonds. The van der Waals surface area contributed by atoms with Crippen LogP contribution in [0.3, 0.4) is 0 Å². The molecule has 2 rings (SSSR count). The molecule has 1 aromatic carbocycles. The van der Waals surface area contributed by atoms with E-state index < -0.39 is 0 Å². The molecule has 2 unspecified atom stereocenters. The lowest BCUT2D eigenvalue weighted by atomic mass is 9.81. The molecule has 21 heavy (non-hydrogen) atoms. The third-order valence-electron chi connectivity index (χ3n) is 4.30. The number of rotatable bonds is 5. The van der Waals surface area contributed by atoms with Gasteiger partial charge in [0, 0.05) is 12.1 Å². The quantitative estimate of drug-likeness (QED) is 0.851. The van der Waals surface area contributed by atoms with E-state index in [1.165, 1.54) is 25.7 Å². The maximum atomic E-state index is 12.1. The van der Waals surface area contributed by atoms with Gasteiger partial charge in [-0.25, -0.2) is 0 Å². The highest BCUT2D eigenvalue weighted by atomic mass is 79.9. The van der Waals surface area contributed by atoms with Gasteiger partial charge in [-0.05, 0) is 58.8 Å². The van der Waals surface area contributed by atoms with E-state index in [0.717, 1.165) is 35.0 Å². The van der Waals surface area contributed by atoms with Gasteiger partial charge in [0.2, 0.25) is 0 Å². The Bertz CT molecular complexity index is 490. The zero-order valence-electron chi connectivity index (χ0n) is 12.8. The average Bonchev–Trinajstić information content (AvgIpc) is 2.47. The van der Waals surface area contributed by atoms with Crippen LogP contribution < -0.4 is 10.1 Å². The Morgan fingerprint density at radius 2 is 2.24 bits per heavy atom. The molecule has 1 N–H and O–H groups in total. The summed E-state index contributed by atoms with van der Waals surface area (Å²) in [5, 5.41) is 3.03. The molecule has 0 radical (unpaired) electrons. The molecule has 2 atom stereocenters. The fourth-order valence-electron chi connectivity index (χ4n) is 3.12. The van der Waals surface area contributed by atoms with E-state index in [1.54, 1.807) is 19.2 Å². The molecule has 1 aromatic rings. The Morgan fingerprint density at radius 3 is 2.90 bits per heavy atom. The average molecular weight is 354 g/mol. The minimum Gasteiger partial charge on any atom is -0.496 e. The van der Waals surface area contributed by atoms with Crippen molar-refractivity contribution in [1.29, 1.82) is 0 Å². The second kappa shape index (κ2) is 7.83. The van der Waals surface area contributed by atoms with Gasteiger partial charge in [-0.3, -0.25) is 4.79 Å². The second-order valence-corrected chi connectivity index (χ2v) is 6.89. The van der Waals surface area contributed by atoms with Crippen molar-refractivity contribution in [3.8, 4) is 5.75 Å². The van der Waals surface area contributed by atoms with Crippen LogP contribution in [0.25, 0.3) is 0 Å². The maximum absolute atomic E-state index is 12.1. The monoisotopic (exact) mass is 353 g/mol. The first-order valence-electron chi connectivity index (χ1n) is 7.72. The Labute approximate surface area is 135 Å². The lowest BCUT2D eigenvalue weighted by Crippen LogP contribution is -2.27. The summed E-state index contributed by atoms with van der Waals surface area (Å²) in [6, 6.07) is 5.40. The molecule has 4 heteroatoms. The Balaban J connectivity index is 1.80. The van der Waals surface area contributed by atoms with E-state index >= 15 is 0 Å². The number of hydrogen-bond donors (Lipinski definition) is 1. The molecule has 0 aromatic heterocycles. The third kappa shape index (κ3) is 4.73. The summed E-state index contributed by atoms with van der Waals surface area (Å²) in [7, 11) is 1.62. The summed E-state index contributed by atoms with van der Waals surface area (Å²) in [6.45, 7) is 3.10. The molecular formula is C17H24BrNO2. The number of benzene rings is 1. The summed E-state index contributed by atoms with van der Waals surface area (Å²) in [5.74, 6) is 2.35. The number of nitrogens with one attached hydrogen (secondary N) is 1. The molecule has 0 heterocycles. The van der Waals surface area contributed by atoms with Crippen molar-refractivity contribution in [2.45, 2.75) is 39.0 Å². The van der Waals surface area contributed by atoms with Gasteiger partial charge in [-0.2, -0.15) is 0 Å². The van der Waals surface area contributed by atoms with Crippen molar-refractivity contribution < 1.29 is 9.53 Å². The van der Waals surface area contributed by atoms with E-state index in [4.69, 9.17) is 4.74 Å². The number of halogens is 1. The van der Waals surface area contributed by atoms with Crippen LogP contribution in [0.4, 0.5) is 0 Å². The smallest absolute Gasteiger partial charge is 0.251 e. The van der Waals surface area contributed by atoms with E-state index in [-0.39, 0.29) is 5.91 Å². The number of hydrogen-bond acceptors (Lipinski definition) is 2. The van der Waals surface area contributed by atoms with Gasteiger partial charge in [0.25, 0.3) is 5.91 Å². The van der Waals surface area contributed by atoms with Crippen LogP contribution >= 0.6 is 15.9 Å². The minimum absolute atomic E-state index is 0.0118. The van der Waals surface area contributed by atoms with Crippen LogP contribution in [0.5, 0.6) is 5.75 Å². The van der Waals surface area contributed by atoms with Crippen molar-refractivity contribution >= 4 is 21.8 Å². The molecule has 0 aliphatic heterocycles. The van der Waals surface area contributed by atoms with Crippen LogP contribution in [0.2, 0.25) is 0 Å². The van der Waals surface area contributed by atoms with Gasteiger partial charge in [0.15, 0.2) is 0 Å². The van der Waals surface area contributed by atoms with Crippen LogP contribution in [0.1, 0.15) is 49.4 Å². The molecule has 0 saturated heterocycles. The summed E-state index contributed by atoms with van der Waals surface area (Å²) in [5.41, 5.74) is 0.666. The summed E-state index contributed by atoms with van der Waals surface area (Å²) in [4.78, 5) is 12.1. The second-order valence-electron chi connectivity index (χ2n) is 6.03. The van der Waals surface area contributed by atoms with E-state index in [2.05, 4.69) is 28.2 Å². The molecule has 1 aliphatic rings. The van der Waals surface area contributed by atoms with Crippen LogP contribution in [0, 0.1) is 11.8 Å². The lowest BCUT2D eigenvalue weighted by Gasteiger charge is -2.26. The first-order valence-corrected chi connectivity index (χ1v) is 8.51. The van der Waals surface area contributed by atoms with Crippen molar-refractivity contribution in [1.82, 2.24) is 5.32 Å². The highest BCUT2D eigenvalue weighted by molar-refractivity contribution is 9.10. The highest BCUT2D eigenvalue weighted by Gasteiger charge is 2.18. The van der Waals surface area contributed by atoms with Crippen molar-refractivity contribution in [2.75, 3.05) is 13.7 Å². The number of carbonyl (C=O) groups excluding carboxylic acids is 1.